The number of carbonyl (C=O) groups is 2. The van der Waals surface area contributed by atoms with Crippen LogP contribution in [0.3, 0.4) is 0 Å². The second kappa shape index (κ2) is 7.52. The fourth-order valence-corrected chi connectivity index (χ4v) is 3.57. The van der Waals surface area contributed by atoms with E-state index in [2.05, 4.69) is 10.6 Å². The summed E-state index contributed by atoms with van der Waals surface area (Å²) in [5, 5.41) is 15.9. The van der Waals surface area contributed by atoms with Crippen LogP contribution in [-0.4, -0.2) is 42.3 Å². The van der Waals surface area contributed by atoms with E-state index in [9.17, 15) is 14.7 Å². The van der Waals surface area contributed by atoms with Crippen LogP contribution in [0.5, 0.6) is 11.5 Å². The normalized spacial score (nSPS) is 20.0. The van der Waals surface area contributed by atoms with Crippen molar-refractivity contribution in [3.05, 3.63) is 53.6 Å². The van der Waals surface area contributed by atoms with Crippen molar-refractivity contribution in [2.75, 3.05) is 25.1 Å². The van der Waals surface area contributed by atoms with Gasteiger partial charge in [0.05, 0.1) is 5.60 Å². The lowest BCUT2D eigenvalue weighted by atomic mass is 9.80. The van der Waals surface area contributed by atoms with Crippen LogP contribution in [0.4, 0.5) is 5.69 Å². The molecule has 1 atom stereocenters. The zero-order chi connectivity index (χ0) is 19.6. The fraction of sp³-hybridized carbons (Fsp3) is 0.333. The van der Waals surface area contributed by atoms with E-state index in [1.54, 1.807) is 18.2 Å². The Bertz CT molecular complexity index is 913. The van der Waals surface area contributed by atoms with E-state index in [0.717, 1.165) is 12.0 Å². The van der Waals surface area contributed by atoms with Gasteiger partial charge in [0.15, 0.2) is 11.5 Å². The Kier molecular flexibility index (Phi) is 4.92. The number of fused-ring (bicyclic) bond motifs is 2. The van der Waals surface area contributed by atoms with E-state index in [1.165, 1.54) is 5.56 Å². The molecule has 2 aromatic carbocycles. The van der Waals surface area contributed by atoms with Crippen LogP contribution in [-0.2, 0) is 22.4 Å². The summed E-state index contributed by atoms with van der Waals surface area (Å²) in [6, 6.07) is 12.9. The number of aliphatic hydroxyl groups is 1. The van der Waals surface area contributed by atoms with E-state index in [1.807, 2.05) is 24.3 Å². The average molecular weight is 382 g/mol. The molecule has 28 heavy (non-hydrogen) atoms. The molecule has 0 fully saturated rings. The van der Waals surface area contributed by atoms with Crippen molar-refractivity contribution >= 4 is 17.5 Å². The number of benzene rings is 2. The molecular formula is C21H22N2O5. The Morgan fingerprint density at radius 1 is 1.00 bits per heavy atom. The molecule has 2 aromatic rings. The number of hydrogen-bond donors (Lipinski definition) is 3. The second-order valence-electron chi connectivity index (χ2n) is 7.17. The SMILES string of the molecule is O=C(NC[C@]1(O)CCc2ccccc2C1)C(=O)Nc1ccc2c(c1)OCCO2. The van der Waals surface area contributed by atoms with Gasteiger partial charge in [-0.2, -0.15) is 0 Å². The summed E-state index contributed by atoms with van der Waals surface area (Å²) in [5.74, 6) is -0.452. The van der Waals surface area contributed by atoms with Crippen LogP contribution in [0.2, 0.25) is 0 Å². The first-order valence-electron chi connectivity index (χ1n) is 9.30. The molecule has 0 aromatic heterocycles. The molecule has 0 unspecified atom stereocenters. The molecule has 0 spiro atoms. The molecule has 1 heterocycles. The molecule has 7 nitrogen and oxygen atoms in total. The molecule has 0 bridgehead atoms. The Morgan fingerprint density at radius 3 is 2.57 bits per heavy atom. The van der Waals surface area contributed by atoms with Gasteiger partial charge in [-0.15, -0.1) is 0 Å². The first kappa shape index (κ1) is 18.3. The van der Waals surface area contributed by atoms with Crippen molar-refractivity contribution in [3.63, 3.8) is 0 Å². The lowest BCUT2D eigenvalue weighted by molar-refractivity contribution is -0.136. The van der Waals surface area contributed by atoms with Crippen molar-refractivity contribution in [1.29, 1.82) is 0 Å². The number of hydrogen-bond acceptors (Lipinski definition) is 5. The Labute approximate surface area is 162 Å². The molecule has 1 aliphatic carbocycles. The lowest BCUT2D eigenvalue weighted by Crippen LogP contribution is -2.49. The van der Waals surface area contributed by atoms with Gasteiger partial charge in [0.2, 0.25) is 0 Å². The van der Waals surface area contributed by atoms with Crippen molar-refractivity contribution in [2.45, 2.75) is 24.9 Å². The number of ether oxygens (including phenoxy) is 2. The van der Waals surface area contributed by atoms with Crippen molar-refractivity contribution < 1.29 is 24.2 Å². The Morgan fingerprint density at radius 2 is 1.75 bits per heavy atom. The summed E-state index contributed by atoms with van der Waals surface area (Å²) in [4.78, 5) is 24.4. The highest BCUT2D eigenvalue weighted by atomic mass is 16.6. The van der Waals surface area contributed by atoms with Gasteiger partial charge in [0, 0.05) is 24.7 Å². The Hall–Kier alpha value is -3.06. The minimum absolute atomic E-state index is 0.0225. The predicted octanol–water partition coefficient (Wildman–Crippen LogP) is 1.43. The van der Waals surface area contributed by atoms with Gasteiger partial charge in [0.25, 0.3) is 0 Å². The van der Waals surface area contributed by atoms with Crippen LogP contribution < -0.4 is 20.1 Å². The topological polar surface area (TPSA) is 96.9 Å². The molecule has 4 rings (SSSR count). The zero-order valence-corrected chi connectivity index (χ0v) is 15.4. The van der Waals surface area contributed by atoms with Gasteiger partial charge < -0.3 is 25.2 Å². The van der Waals surface area contributed by atoms with Gasteiger partial charge in [-0.05, 0) is 36.1 Å². The quantitative estimate of drug-likeness (QED) is 0.698. The monoisotopic (exact) mass is 382 g/mol. The minimum atomic E-state index is -1.05. The van der Waals surface area contributed by atoms with Gasteiger partial charge >= 0.3 is 11.8 Å². The molecule has 1 aliphatic heterocycles. The Balaban J connectivity index is 1.33. The zero-order valence-electron chi connectivity index (χ0n) is 15.4. The van der Waals surface area contributed by atoms with Gasteiger partial charge in [-0.25, -0.2) is 0 Å². The maximum Gasteiger partial charge on any atom is 0.313 e. The summed E-state index contributed by atoms with van der Waals surface area (Å²) < 4.78 is 10.9. The van der Waals surface area contributed by atoms with Gasteiger partial charge in [0.1, 0.15) is 13.2 Å². The van der Waals surface area contributed by atoms with Crippen LogP contribution in [0.25, 0.3) is 0 Å². The smallest absolute Gasteiger partial charge is 0.313 e. The summed E-state index contributed by atoms with van der Waals surface area (Å²) in [5.41, 5.74) is 1.68. The number of carbonyl (C=O) groups excluding carboxylic acids is 2. The van der Waals surface area contributed by atoms with E-state index in [0.29, 0.717) is 43.2 Å². The van der Waals surface area contributed by atoms with Crippen molar-refractivity contribution in [2.24, 2.45) is 0 Å². The number of rotatable bonds is 3. The number of amides is 2. The highest BCUT2D eigenvalue weighted by Crippen LogP contribution is 2.32. The maximum absolute atomic E-state index is 12.2. The summed E-state index contributed by atoms with van der Waals surface area (Å²) in [6.45, 7) is 0.940. The lowest BCUT2D eigenvalue weighted by Gasteiger charge is -2.33. The first-order chi connectivity index (χ1) is 13.5. The largest absolute Gasteiger partial charge is 0.486 e. The average Bonchev–Trinajstić information content (AvgIpc) is 2.72. The van der Waals surface area contributed by atoms with Crippen LogP contribution in [0.1, 0.15) is 17.5 Å². The van der Waals surface area contributed by atoms with Crippen molar-refractivity contribution in [1.82, 2.24) is 5.32 Å². The summed E-state index contributed by atoms with van der Waals surface area (Å²) in [6.07, 6.45) is 1.73. The molecule has 2 amide bonds. The molecule has 0 saturated heterocycles. The fourth-order valence-electron chi connectivity index (χ4n) is 3.57. The highest BCUT2D eigenvalue weighted by Gasteiger charge is 2.33. The third-order valence-corrected chi connectivity index (χ3v) is 5.08. The molecule has 3 N–H and O–H groups in total. The van der Waals surface area contributed by atoms with E-state index < -0.39 is 17.4 Å². The molecule has 0 saturated carbocycles. The number of aryl methyl sites for hydroxylation is 1. The first-order valence-corrected chi connectivity index (χ1v) is 9.30. The van der Waals surface area contributed by atoms with Crippen LogP contribution >= 0.6 is 0 Å². The van der Waals surface area contributed by atoms with Crippen LogP contribution in [0, 0.1) is 0 Å². The molecule has 0 radical (unpaired) electrons. The van der Waals surface area contributed by atoms with E-state index >= 15 is 0 Å². The molecule has 146 valence electrons. The van der Waals surface area contributed by atoms with Crippen molar-refractivity contribution in [3.8, 4) is 11.5 Å². The third kappa shape index (κ3) is 3.94. The van der Waals surface area contributed by atoms with E-state index in [4.69, 9.17) is 9.47 Å². The minimum Gasteiger partial charge on any atom is -0.486 e. The van der Waals surface area contributed by atoms with Gasteiger partial charge in [-0.1, -0.05) is 24.3 Å². The number of anilines is 1. The maximum atomic E-state index is 12.2. The molecule has 2 aliphatic rings. The van der Waals surface area contributed by atoms with Gasteiger partial charge in [-0.3, -0.25) is 9.59 Å². The number of nitrogens with one attached hydrogen (secondary N) is 2. The molecule has 7 heteroatoms. The standard InChI is InChI=1S/C21H22N2O5/c24-19(20(25)23-16-5-6-17-18(11-16)28-10-9-27-17)22-13-21(26)8-7-14-3-1-2-4-15(14)12-21/h1-6,11,26H,7-10,12-13H2,(H,22,24)(H,23,25)/t21-/m0/s1. The second-order valence-corrected chi connectivity index (χ2v) is 7.17. The summed E-state index contributed by atoms with van der Waals surface area (Å²) in [7, 11) is 0. The van der Waals surface area contributed by atoms with E-state index in [-0.39, 0.29) is 6.54 Å². The predicted molar refractivity (Wildman–Crippen MR) is 102 cm³/mol. The summed E-state index contributed by atoms with van der Waals surface area (Å²) >= 11 is 0. The van der Waals surface area contributed by atoms with Crippen LogP contribution in [0.15, 0.2) is 42.5 Å². The highest BCUT2D eigenvalue weighted by molar-refractivity contribution is 6.39. The third-order valence-electron chi connectivity index (χ3n) is 5.08. The molecular weight excluding hydrogens is 360 g/mol.